The number of hydrogen-bond donors (Lipinski definition) is 0. The van der Waals surface area contributed by atoms with Gasteiger partial charge in [0.2, 0.25) is 0 Å². The standard InChI is InChI=1S/C54H42N2S/c1-53(2)27-28-54(3,4)45-31-47-42(30-44(45)53)41-29-43-49(55(35-14-6-5-7-15-35)46-26-23-33-13-8-9-16-37(33)51(43)46)32-48(41)56(47)36-24-21-34(22-25-36)38-18-12-19-40-39-17-10-11-20-50(39)57-52(38)40/h5-26,29-32H,27-28H2,1-4H3. The van der Waals surface area contributed by atoms with Crippen molar-refractivity contribution in [2.75, 3.05) is 0 Å². The molecule has 3 heterocycles. The highest BCUT2D eigenvalue weighted by atomic mass is 32.1. The van der Waals surface area contributed by atoms with E-state index in [4.69, 9.17) is 0 Å². The first-order valence-electron chi connectivity index (χ1n) is 20.3. The topological polar surface area (TPSA) is 9.86 Å². The maximum absolute atomic E-state index is 2.57. The summed E-state index contributed by atoms with van der Waals surface area (Å²) < 4.78 is 7.72. The van der Waals surface area contributed by atoms with Crippen molar-refractivity contribution in [3.8, 4) is 22.5 Å². The summed E-state index contributed by atoms with van der Waals surface area (Å²) in [5.41, 5.74) is 13.0. The summed E-state index contributed by atoms with van der Waals surface area (Å²) >= 11 is 1.90. The molecule has 0 amide bonds. The Kier molecular flexibility index (Phi) is 6.77. The summed E-state index contributed by atoms with van der Waals surface area (Å²) in [6, 6.07) is 59.4. The van der Waals surface area contributed by atoms with Gasteiger partial charge in [0.05, 0.1) is 22.1 Å². The van der Waals surface area contributed by atoms with Crippen LogP contribution in [0.4, 0.5) is 0 Å². The van der Waals surface area contributed by atoms with E-state index in [1.165, 1.54) is 121 Å². The zero-order valence-electron chi connectivity index (χ0n) is 32.7. The Balaban J connectivity index is 1.18. The van der Waals surface area contributed by atoms with Crippen LogP contribution in [0, 0.1) is 0 Å². The minimum Gasteiger partial charge on any atom is -0.309 e. The monoisotopic (exact) mass is 750 g/mol. The maximum Gasteiger partial charge on any atom is 0.0562 e. The third kappa shape index (κ3) is 4.70. The Bertz CT molecular complexity index is 3440. The van der Waals surface area contributed by atoms with Crippen LogP contribution in [0.5, 0.6) is 0 Å². The second kappa shape index (κ2) is 11.7. The van der Waals surface area contributed by atoms with E-state index in [0.717, 1.165) is 0 Å². The van der Waals surface area contributed by atoms with Gasteiger partial charge in [-0.1, -0.05) is 125 Å². The quantitative estimate of drug-likeness (QED) is 0.170. The van der Waals surface area contributed by atoms with Gasteiger partial charge in [0.25, 0.3) is 0 Å². The highest BCUT2D eigenvalue weighted by Crippen LogP contribution is 2.50. The number of thiophene rings is 1. The molecule has 0 radical (unpaired) electrons. The summed E-state index contributed by atoms with van der Waals surface area (Å²) in [4.78, 5) is 0. The lowest BCUT2D eigenvalue weighted by molar-refractivity contribution is 0.332. The molecule has 0 unspecified atom stereocenters. The number of benzene rings is 8. The van der Waals surface area contributed by atoms with Crippen molar-refractivity contribution in [1.82, 2.24) is 9.13 Å². The van der Waals surface area contributed by atoms with Crippen molar-refractivity contribution in [3.05, 3.63) is 169 Å². The minimum atomic E-state index is 0.0941. The second-order valence-corrected chi connectivity index (χ2v) is 18.6. The van der Waals surface area contributed by atoms with Crippen molar-refractivity contribution >= 4 is 85.9 Å². The van der Waals surface area contributed by atoms with Gasteiger partial charge in [-0.25, -0.2) is 0 Å². The number of hydrogen-bond acceptors (Lipinski definition) is 1. The van der Waals surface area contributed by atoms with E-state index in [2.05, 4.69) is 195 Å². The molecule has 0 aliphatic heterocycles. The van der Waals surface area contributed by atoms with Crippen LogP contribution in [0.1, 0.15) is 51.7 Å². The Morgan fingerprint density at radius 1 is 0.439 bits per heavy atom. The van der Waals surface area contributed by atoms with Gasteiger partial charge in [0.1, 0.15) is 0 Å². The first-order valence-corrected chi connectivity index (χ1v) is 21.1. The van der Waals surface area contributed by atoms with Gasteiger partial charge in [-0.05, 0) is 117 Å². The van der Waals surface area contributed by atoms with E-state index >= 15 is 0 Å². The largest absolute Gasteiger partial charge is 0.309 e. The molecule has 1 aliphatic rings. The fourth-order valence-electron chi connectivity index (χ4n) is 10.3. The van der Waals surface area contributed by atoms with Crippen LogP contribution in [-0.4, -0.2) is 9.13 Å². The van der Waals surface area contributed by atoms with E-state index in [-0.39, 0.29) is 10.8 Å². The van der Waals surface area contributed by atoms with Crippen LogP contribution in [0.3, 0.4) is 0 Å². The van der Waals surface area contributed by atoms with Gasteiger partial charge < -0.3 is 9.13 Å². The summed E-state index contributed by atoms with van der Waals surface area (Å²) in [6.07, 6.45) is 2.37. The van der Waals surface area contributed by atoms with Crippen molar-refractivity contribution in [2.45, 2.75) is 51.4 Å². The first-order chi connectivity index (χ1) is 27.7. The molecule has 0 spiro atoms. The fourth-order valence-corrected chi connectivity index (χ4v) is 11.5. The summed E-state index contributed by atoms with van der Waals surface area (Å²) in [7, 11) is 0. The zero-order valence-corrected chi connectivity index (χ0v) is 33.5. The van der Waals surface area contributed by atoms with Crippen LogP contribution < -0.4 is 0 Å². The molecule has 2 nitrogen and oxygen atoms in total. The molecule has 0 N–H and O–H groups in total. The molecule has 0 saturated heterocycles. The third-order valence-electron chi connectivity index (χ3n) is 13.4. The van der Waals surface area contributed by atoms with E-state index in [0.29, 0.717) is 0 Å². The number of aromatic nitrogens is 2. The average Bonchev–Trinajstić information content (AvgIpc) is 3.89. The van der Waals surface area contributed by atoms with Gasteiger partial charge in [-0.3, -0.25) is 0 Å². The van der Waals surface area contributed by atoms with E-state index in [1.807, 2.05) is 11.3 Å². The lowest BCUT2D eigenvalue weighted by atomic mass is 9.63. The third-order valence-corrected chi connectivity index (χ3v) is 14.6. The van der Waals surface area contributed by atoms with Crippen LogP contribution >= 0.6 is 11.3 Å². The first kappa shape index (κ1) is 33.0. The molecule has 57 heavy (non-hydrogen) atoms. The highest BCUT2D eigenvalue weighted by molar-refractivity contribution is 7.26. The summed E-state index contributed by atoms with van der Waals surface area (Å²) in [6.45, 7) is 9.77. The lowest BCUT2D eigenvalue weighted by Gasteiger charge is -2.42. The molecule has 11 aromatic rings. The molecular formula is C54H42N2S. The fraction of sp³-hybridized carbons (Fsp3) is 0.148. The molecule has 3 aromatic heterocycles. The van der Waals surface area contributed by atoms with Gasteiger partial charge in [0.15, 0.2) is 0 Å². The highest BCUT2D eigenvalue weighted by Gasteiger charge is 2.38. The zero-order chi connectivity index (χ0) is 38.2. The predicted octanol–water partition coefficient (Wildman–Crippen LogP) is 15.4. The van der Waals surface area contributed by atoms with Crippen molar-refractivity contribution in [3.63, 3.8) is 0 Å². The molecule has 274 valence electrons. The summed E-state index contributed by atoms with van der Waals surface area (Å²) in [5, 5.41) is 10.5. The Morgan fingerprint density at radius 2 is 1.05 bits per heavy atom. The van der Waals surface area contributed by atoms with E-state index in [9.17, 15) is 0 Å². The van der Waals surface area contributed by atoms with Crippen LogP contribution in [0.15, 0.2) is 158 Å². The van der Waals surface area contributed by atoms with Gasteiger partial charge >= 0.3 is 0 Å². The lowest BCUT2D eigenvalue weighted by Crippen LogP contribution is -2.33. The SMILES string of the molecule is CC1(C)CCC(C)(C)c2cc3c(cc21)c1cc2c4c5ccccc5ccc4n(-c4ccccc4)c2cc1n3-c1ccc(-c2cccc3c2sc2ccccc23)cc1. The molecule has 0 saturated carbocycles. The van der Waals surface area contributed by atoms with Crippen molar-refractivity contribution in [1.29, 1.82) is 0 Å². The molecule has 0 atom stereocenters. The normalized spacial score (nSPS) is 15.2. The van der Waals surface area contributed by atoms with Gasteiger partial charge in [-0.15, -0.1) is 11.3 Å². The Morgan fingerprint density at radius 3 is 1.86 bits per heavy atom. The minimum absolute atomic E-state index is 0.0941. The molecule has 0 bridgehead atoms. The smallest absolute Gasteiger partial charge is 0.0562 e. The van der Waals surface area contributed by atoms with E-state index in [1.54, 1.807) is 0 Å². The number of nitrogens with zero attached hydrogens (tertiary/aromatic N) is 2. The molecular weight excluding hydrogens is 709 g/mol. The maximum atomic E-state index is 2.57. The average molecular weight is 751 g/mol. The second-order valence-electron chi connectivity index (χ2n) is 17.6. The number of rotatable bonds is 3. The van der Waals surface area contributed by atoms with Gasteiger partial charge in [0, 0.05) is 53.1 Å². The van der Waals surface area contributed by atoms with Gasteiger partial charge in [-0.2, -0.15) is 0 Å². The van der Waals surface area contributed by atoms with E-state index < -0.39 is 0 Å². The molecule has 8 aromatic carbocycles. The summed E-state index contributed by atoms with van der Waals surface area (Å²) in [5.74, 6) is 0. The molecule has 12 rings (SSSR count). The van der Waals surface area contributed by atoms with Crippen LogP contribution in [-0.2, 0) is 10.8 Å². The molecule has 0 fully saturated rings. The van der Waals surface area contributed by atoms with Crippen molar-refractivity contribution in [2.24, 2.45) is 0 Å². The number of fused-ring (bicyclic) bond motifs is 12. The molecule has 1 aliphatic carbocycles. The number of para-hydroxylation sites is 1. The molecule has 3 heteroatoms. The van der Waals surface area contributed by atoms with Crippen molar-refractivity contribution < 1.29 is 0 Å². The Labute approximate surface area is 336 Å². The predicted molar refractivity (Wildman–Crippen MR) is 246 cm³/mol. The van der Waals surface area contributed by atoms with Crippen LogP contribution in [0.25, 0.3) is 97.1 Å². The van der Waals surface area contributed by atoms with Crippen LogP contribution in [0.2, 0.25) is 0 Å². The Hall–Kier alpha value is -6.16.